The van der Waals surface area contributed by atoms with Gasteiger partial charge < -0.3 is 14.6 Å². The molecule has 11 heteroatoms. The van der Waals surface area contributed by atoms with E-state index in [2.05, 4.69) is 20.4 Å². The van der Waals surface area contributed by atoms with E-state index in [-0.39, 0.29) is 11.7 Å². The van der Waals surface area contributed by atoms with Crippen molar-refractivity contribution in [1.29, 1.82) is 0 Å². The standard InChI is InChI=1S/C22H25N5O4S2/c1-16-7-3-4-8-17(16)21-24-25-22(31-21)32-15-20(28)23-18-9-5-6-10-19(18)26-11-13-27(14-12-26)33(2,29)30/h3-10H,11-15H2,1-2H3,(H,23,28). The molecular formula is C22H25N5O4S2. The highest BCUT2D eigenvalue weighted by molar-refractivity contribution is 7.99. The molecule has 0 bridgehead atoms. The highest BCUT2D eigenvalue weighted by Crippen LogP contribution is 2.28. The lowest BCUT2D eigenvalue weighted by Crippen LogP contribution is -2.48. The normalized spacial score (nSPS) is 14.9. The van der Waals surface area contributed by atoms with Gasteiger partial charge in [-0.3, -0.25) is 4.79 Å². The first kappa shape index (κ1) is 23.3. The fraction of sp³-hybridized carbons (Fsp3) is 0.318. The van der Waals surface area contributed by atoms with Gasteiger partial charge in [0.1, 0.15) is 0 Å². The molecule has 0 radical (unpaired) electrons. The van der Waals surface area contributed by atoms with Crippen molar-refractivity contribution in [1.82, 2.24) is 14.5 Å². The molecule has 0 aliphatic carbocycles. The zero-order valence-electron chi connectivity index (χ0n) is 18.4. The first-order valence-corrected chi connectivity index (χ1v) is 13.3. The summed E-state index contributed by atoms with van der Waals surface area (Å²) in [7, 11) is -3.20. The second-order valence-electron chi connectivity index (χ2n) is 7.69. The van der Waals surface area contributed by atoms with Gasteiger partial charge in [-0.15, -0.1) is 10.2 Å². The maximum absolute atomic E-state index is 12.6. The number of aromatic nitrogens is 2. The Bertz CT molecular complexity index is 1240. The first-order chi connectivity index (χ1) is 15.8. The number of nitrogens with one attached hydrogen (secondary N) is 1. The molecule has 1 N–H and O–H groups in total. The maximum Gasteiger partial charge on any atom is 0.277 e. The van der Waals surface area contributed by atoms with Crippen LogP contribution < -0.4 is 10.2 Å². The number of carbonyl (C=O) groups excluding carboxylic acids is 1. The van der Waals surface area contributed by atoms with E-state index in [1.165, 1.54) is 22.3 Å². The lowest BCUT2D eigenvalue weighted by molar-refractivity contribution is -0.113. The summed E-state index contributed by atoms with van der Waals surface area (Å²) in [5.74, 6) is 0.346. The summed E-state index contributed by atoms with van der Waals surface area (Å²) in [6.45, 7) is 3.91. The highest BCUT2D eigenvalue weighted by Gasteiger charge is 2.25. The number of benzene rings is 2. The van der Waals surface area contributed by atoms with Crippen LogP contribution in [0.15, 0.2) is 58.2 Å². The minimum Gasteiger partial charge on any atom is -0.411 e. The second kappa shape index (κ2) is 9.94. The van der Waals surface area contributed by atoms with Crippen LogP contribution in [0, 0.1) is 6.92 Å². The molecule has 0 atom stereocenters. The SMILES string of the molecule is Cc1ccccc1-c1nnc(SCC(=O)Nc2ccccc2N2CCN(S(C)(=O)=O)CC2)o1. The molecule has 174 valence electrons. The van der Waals surface area contributed by atoms with Crippen molar-refractivity contribution in [3.63, 3.8) is 0 Å². The lowest BCUT2D eigenvalue weighted by Gasteiger charge is -2.35. The van der Waals surface area contributed by atoms with Crippen molar-refractivity contribution in [2.45, 2.75) is 12.1 Å². The topological polar surface area (TPSA) is 109 Å². The average molecular weight is 488 g/mol. The molecule has 3 aromatic rings. The van der Waals surface area contributed by atoms with Crippen LogP contribution in [-0.2, 0) is 14.8 Å². The number of carbonyl (C=O) groups is 1. The number of sulfonamides is 1. The number of aryl methyl sites for hydroxylation is 1. The largest absolute Gasteiger partial charge is 0.411 e. The van der Waals surface area contributed by atoms with E-state index in [0.717, 1.165) is 16.8 Å². The van der Waals surface area contributed by atoms with Crippen molar-refractivity contribution in [3.05, 3.63) is 54.1 Å². The van der Waals surface area contributed by atoms with Gasteiger partial charge in [0.15, 0.2) is 0 Å². The van der Waals surface area contributed by atoms with Gasteiger partial charge in [0.2, 0.25) is 21.8 Å². The van der Waals surface area contributed by atoms with Gasteiger partial charge in [0.05, 0.1) is 23.4 Å². The Morgan fingerprint density at radius 1 is 1.06 bits per heavy atom. The number of amides is 1. The molecular weight excluding hydrogens is 462 g/mol. The fourth-order valence-corrected chi connectivity index (χ4v) is 5.01. The van der Waals surface area contributed by atoms with Crippen LogP contribution in [0.3, 0.4) is 0 Å². The van der Waals surface area contributed by atoms with Crippen molar-refractivity contribution >= 4 is 39.1 Å². The number of para-hydroxylation sites is 2. The number of thioether (sulfide) groups is 1. The third-order valence-corrected chi connectivity index (χ3v) is 7.46. The van der Waals surface area contributed by atoms with E-state index in [1.54, 1.807) is 0 Å². The molecule has 9 nitrogen and oxygen atoms in total. The summed E-state index contributed by atoms with van der Waals surface area (Å²) in [5.41, 5.74) is 3.45. The van der Waals surface area contributed by atoms with Crippen molar-refractivity contribution in [2.75, 3.05) is 48.4 Å². The predicted molar refractivity (Wildman–Crippen MR) is 129 cm³/mol. The molecule has 1 fully saturated rings. The molecule has 0 unspecified atom stereocenters. The Labute approximate surface area is 197 Å². The molecule has 2 heterocycles. The number of rotatable bonds is 7. The Morgan fingerprint density at radius 2 is 1.76 bits per heavy atom. The molecule has 0 saturated carbocycles. The van der Waals surface area contributed by atoms with Crippen LogP contribution in [0.25, 0.3) is 11.5 Å². The van der Waals surface area contributed by atoms with Crippen LogP contribution >= 0.6 is 11.8 Å². The Morgan fingerprint density at radius 3 is 2.48 bits per heavy atom. The molecule has 4 rings (SSSR count). The van der Waals surface area contributed by atoms with E-state index >= 15 is 0 Å². The first-order valence-electron chi connectivity index (χ1n) is 10.4. The third kappa shape index (κ3) is 5.73. The molecule has 0 spiro atoms. The Kier molecular flexibility index (Phi) is 7.01. The summed E-state index contributed by atoms with van der Waals surface area (Å²) in [6.07, 6.45) is 1.22. The van der Waals surface area contributed by atoms with Gasteiger partial charge >= 0.3 is 0 Å². The lowest BCUT2D eigenvalue weighted by atomic mass is 10.1. The molecule has 2 aromatic carbocycles. The summed E-state index contributed by atoms with van der Waals surface area (Å²) >= 11 is 1.17. The maximum atomic E-state index is 12.6. The molecule has 33 heavy (non-hydrogen) atoms. The van der Waals surface area contributed by atoms with E-state index < -0.39 is 10.0 Å². The predicted octanol–water partition coefficient (Wildman–Crippen LogP) is 2.86. The minimum atomic E-state index is -3.20. The third-order valence-electron chi connectivity index (χ3n) is 5.34. The molecule has 1 saturated heterocycles. The number of anilines is 2. The minimum absolute atomic E-state index is 0.117. The van der Waals surface area contributed by atoms with Crippen molar-refractivity contribution < 1.29 is 17.6 Å². The molecule has 1 aromatic heterocycles. The fourth-order valence-electron chi connectivity index (χ4n) is 3.62. The molecule has 1 aliphatic rings. The summed E-state index contributed by atoms with van der Waals surface area (Å²) in [5, 5.41) is 11.4. The van der Waals surface area contributed by atoms with Gasteiger partial charge in [-0.1, -0.05) is 42.1 Å². The van der Waals surface area contributed by atoms with Gasteiger partial charge in [-0.2, -0.15) is 4.31 Å². The average Bonchev–Trinajstić information content (AvgIpc) is 3.27. The van der Waals surface area contributed by atoms with Gasteiger partial charge in [-0.05, 0) is 30.7 Å². The zero-order valence-corrected chi connectivity index (χ0v) is 20.0. The highest BCUT2D eigenvalue weighted by atomic mass is 32.2. The summed E-state index contributed by atoms with van der Waals surface area (Å²) < 4.78 is 30.7. The van der Waals surface area contributed by atoms with Crippen LogP contribution in [0.5, 0.6) is 0 Å². The van der Waals surface area contributed by atoms with Crippen LogP contribution in [0.4, 0.5) is 11.4 Å². The van der Waals surface area contributed by atoms with E-state index in [9.17, 15) is 13.2 Å². The number of piperazine rings is 1. The quantitative estimate of drug-likeness (QED) is 0.507. The van der Waals surface area contributed by atoms with Crippen LogP contribution in [-0.4, -0.2) is 67.0 Å². The van der Waals surface area contributed by atoms with Gasteiger partial charge in [0.25, 0.3) is 5.22 Å². The molecule has 1 aliphatic heterocycles. The summed E-state index contributed by atoms with van der Waals surface area (Å²) in [4.78, 5) is 14.7. The second-order valence-corrected chi connectivity index (χ2v) is 10.6. The number of nitrogens with zero attached hydrogens (tertiary/aromatic N) is 4. The van der Waals surface area contributed by atoms with Crippen molar-refractivity contribution in [3.8, 4) is 11.5 Å². The Hall–Kier alpha value is -2.89. The van der Waals surface area contributed by atoms with Gasteiger partial charge in [0, 0.05) is 31.7 Å². The summed E-state index contributed by atoms with van der Waals surface area (Å²) in [6, 6.07) is 15.2. The monoisotopic (exact) mass is 487 g/mol. The van der Waals surface area contributed by atoms with Crippen molar-refractivity contribution in [2.24, 2.45) is 0 Å². The zero-order chi connectivity index (χ0) is 23.4. The van der Waals surface area contributed by atoms with Crippen LogP contribution in [0.2, 0.25) is 0 Å². The Balaban J connectivity index is 1.36. The van der Waals surface area contributed by atoms with E-state index in [1.807, 2.05) is 55.5 Å². The van der Waals surface area contributed by atoms with Crippen LogP contribution in [0.1, 0.15) is 5.56 Å². The number of hydrogen-bond donors (Lipinski definition) is 1. The van der Waals surface area contributed by atoms with Gasteiger partial charge in [-0.25, -0.2) is 8.42 Å². The van der Waals surface area contributed by atoms with E-state index in [4.69, 9.17) is 4.42 Å². The van der Waals surface area contributed by atoms with E-state index in [0.29, 0.717) is 43.0 Å². The number of hydrogen-bond acceptors (Lipinski definition) is 8. The smallest absolute Gasteiger partial charge is 0.277 e. The molecule has 1 amide bonds.